The molecule has 5 nitrogen and oxygen atoms in total. The van der Waals surface area contributed by atoms with E-state index in [9.17, 15) is 14.7 Å². The molecule has 0 fully saturated rings. The number of aliphatic hydroxyl groups is 1. The van der Waals surface area contributed by atoms with Gasteiger partial charge in [-0.15, -0.1) is 0 Å². The Morgan fingerprint density at radius 2 is 1.90 bits per heavy atom. The quantitative estimate of drug-likeness (QED) is 0.425. The topological polar surface area (TPSA) is 72.8 Å². The van der Waals surface area contributed by atoms with Crippen LogP contribution >= 0.6 is 0 Å². The average molecular weight is 449 g/mol. The third-order valence-electron chi connectivity index (χ3n) is 7.12. The number of hydrogen-bond donors (Lipinski definition) is 1. The van der Waals surface area contributed by atoms with Crippen molar-refractivity contribution in [1.82, 2.24) is 0 Å². The lowest BCUT2D eigenvalue weighted by Crippen LogP contribution is -2.49. The first kappa shape index (κ1) is 25.8. The molecule has 0 unspecified atom stereocenters. The molecule has 0 aromatic rings. The van der Waals surface area contributed by atoms with Crippen LogP contribution in [-0.2, 0) is 18.8 Å². The van der Waals surface area contributed by atoms with Crippen molar-refractivity contribution in [3.05, 3.63) is 34.9 Å². The minimum Gasteiger partial charge on any atom is -0.458 e. The van der Waals surface area contributed by atoms with E-state index in [1.807, 2.05) is 32.9 Å². The molecule has 0 heterocycles. The molecule has 0 amide bonds. The van der Waals surface area contributed by atoms with E-state index in [0.717, 1.165) is 5.57 Å². The molecule has 0 radical (unpaired) electrons. The fourth-order valence-corrected chi connectivity index (χ4v) is 4.95. The van der Waals surface area contributed by atoms with Crippen LogP contribution in [0.4, 0.5) is 0 Å². The van der Waals surface area contributed by atoms with Crippen molar-refractivity contribution in [2.45, 2.75) is 97.6 Å². The maximum Gasteiger partial charge on any atom is 0.306 e. The molecule has 0 saturated carbocycles. The zero-order valence-electron chi connectivity index (χ0n) is 20.7. The van der Waals surface area contributed by atoms with E-state index < -0.39 is 25.4 Å². The molecule has 0 bridgehead atoms. The molecule has 2 aliphatic carbocycles. The van der Waals surface area contributed by atoms with Gasteiger partial charge in [-0.1, -0.05) is 46.8 Å². The summed E-state index contributed by atoms with van der Waals surface area (Å²) in [5.41, 5.74) is 0.401. The highest BCUT2D eigenvalue weighted by molar-refractivity contribution is 6.74. The van der Waals surface area contributed by atoms with Gasteiger partial charge in [-0.05, 0) is 50.0 Å². The van der Waals surface area contributed by atoms with E-state index in [1.54, 1.807) is 13.0 Å². The highest BCUT2D eigenvalue weighted by atomic mass is 28.4. The number of rotatable bonds is 7. The van der Waals surface area contributed by atoms with Gasteiger partial charge >= 0.3 is 5.97 Å². The molecular weight excluding hydrogens is 408 g/mol. The molecule has 3 atom stereocenters. The second-order valence-corrected chi connectivity index (χ2v) is 15.8. The van der Waals surface area contributed by atoms with Crippen molar-refractivity contribution in [2.24, 2.45) is 5.41 Å². The molecule has 0 aliphatic heterocycles. The summed E-state index contributed by atoms with van der Waals surface area (Å²) in [5, 5.41) is 11.5. The molecular formula is C25H40O5Si. The molecule has 1 N–H and O–H groups in total. The number of carbonyl (C=O) groups excluding carboxylic acids is 2. The summed E-state index contributed by atoms with van der Waals surface area (Å²) < 4.78 is 12.2. The minimum atomic E-state index is -2.09. The zero-order chi connectivity index (χ0) is 23.8. The summed E-state index contributed by atoms with van der Waals surface area (Å²) in [6.07, 6.45) is 6.31. The maximum absolute atomic E-state index is 12.4. The van der Waals surface area contributed by atoms with Gasteiger partial charge in [-0.3, -0.25) is 9.59 Å². The fourth-order valence-electron chi connectivity index (χ4n) is 3.88. The number of fused-ring (bicyclic) bond motifs is 1. The Morgan fingerprint density at radius 1 is 1.29 bits per heavy atom. The molecule has 2 rings (SSSR count). The van der Waals surface area contributed by atoms with Crippen LogP contribution in [0.15, 0.2) is 34.9 Å². The lowest BCUT2D eigenvalue weighted by Gasteiger charge is -2.44. The van der Waals surface area contributed by atoms with Crippen LogP contribution in [0, 0.1) is 5.41 Å². The zero-order valence-corrected chi connectivity index (χ0v) is 21.7. The number of esters is 1. The van der Waals surface area contributed by atoms with E-state index in [1.165, 1.54) is 0 Å². The molecule has 0 spiro atoms. The first-order valence-corrected chi connectivity index (χ1v) is 14.2. The number of ketones is 1. The smallest absolute Gasteiger partial charge is 0.306 e. The summed E-state index contributed by atoms with van der Waals surface area (Å²) in [7, 11) is -2.09. The van der Waals surface area contributed by atoms with Crippen molar-refractivity contribution >= 4 is 20.1 Å². The van der Waals surface area contributed by atoms with Gasteiger partial charge in [-0.25, -0.2) is 0 Å². The largest absolute Gasteiger partial charge is 0.458 e. The van der Waals surface area contributed by atoms with Crippen molar-refractivity contribution in [1.29, 1.82) is 0 Å². The van der Waals surface area contributed by atoms with Crippen molar-refractivity contribution in [3.8, 4) is 0 Å². The summed E-state index contributed by atoms with van der Waals surface area (Å²) in [5.74, 6) is -0.301. The summed E-state index contributed by atoms with van der Waals surface area (Å²) in [6.45, 7) is 18.4. The fraction of sp³-hybridized carbons (Fsp3) is 0.680. The highest BCUT2D eigenvalue weighted by Gasteiger charge is 2.46. The lowest BCUT2D eigenvalue weighted by atomic mass is 9.65. The predicted octanol–water partition coefficient (Wildman–Crippen LogP) is 5.26. The van der Waals surface area contributed by atoms with Gasteiger partial charge < -0.3 is 14.3 Å². The van der Waals surface area contributed by atoms with Gasteiger partial charge in [0.2, 0.25) is 0 Å². The number of ether oxygens (including phenoxy) is 1. The predicted molar refractivity (Wildman–Crippen MR) is 126 cm³/mol. The normalized spacial score (nSPS) is 26.3. The van der Waals surface area contributed by atoms with Gasteiger partial charge in [0.25, 0.3) is 0 Å². The molecule has 174 valence electrons. The summed E-state index contributed by atoms with van der Waals surface area (Å²) in [6, 6.07) is 0. The number of hydrogen-bond acceptors (Lipinski definition) is 5. The van der Waals surface area contributed by atoms with Gasteiger partial charge in [0, 0.05) is 29.4 Å². The standard InChI is InChI=1S/C25H40O5Si/c1-10-11-22(27)30-21-15-24(6)13-12-20(26)17(2)18(24)14-19(21)25(7,28)16-29-31(8,9)23(3,4)5/h12-14,21,28H,10-11,15-16H2,1-9H3/t21-,24-,25+/m0/s1. The first-order chi connectivity index (χ1) is 14.0. The molecule has 0 saturated heterocycles. The molecule has 2 aliphatic rings. The minimum absolute atomic E-state index is 0.00922. The van der Waals surface area contributed by atoms with Gasteiger partial charge in [0.1, 0.15) is 11.7 Å². The first-order valence-electron chi connectivity index (χ1n) is 11.3. The molecule has 0 aromatic heterocycles. The van der Waals surface area contributed by atoms with Crippen LogP contribution in [0.1, 0.15) is 67.7 Å². The number of carbonyl (C=O) groups is 2. The van der Waals surface area contributed by atoms with Crippen LogP contribution in [0.5, 0.6) is 0 Å². The van der Waals surface area contributed by atoms with Crippen LogP contribution in [-0.4, -0.2) is 43.5 Å². The highest BCUT2D eigenvalue weighted by Crippen LogP contribution is 2.48. The second-order valence-electron chi connectivity index (χ2n) is 11.0. The van der Waals surface area contributed by atoms with Crippen LogP contribution < -0.4 is 0 Å². The Bertz CT molecular complexity index is 825. The van der Waals surface area contributed by atoms with Crippen LogP contribution in [0.2, 0.25) is 18.1 Å². The van der Waals surface area contributed by atoms with Gasteiger partial charge in [0.15, 0.2) is 14.1 Å². The van der Waals surface area contributed by atoms with E-state index in [2.05, 4.69) is 33.9 Å². The summed E-state index contributed by atoms with van der Waals surface area (Å²) in [4.78, 5) is 24.7. The van der Waals surface area contributed by atoms with E-state index in [-0.39, 0.29) is 23.4 Å². The average Bonchev–Trinajstić information content (AvgIpc) is 2.62. The Kier molecular flexibility index (Phi) is 7.31. The Hall–Kier alpha value is -1.50. The van der Waals surface area contributed by atoms with Crippen molar-refractivity contribution in [3.63, 3.8) is 0 Å². The SMILES string of the molecule is CCCC(=O)O[C@H]1C[C@]2(C)C=CC(=O)C(C)=C2C=C1[C@](C)(O)CO[Si](C)(C)C(C)(C)C. The second kappa shape index (κ2) is 8.79. The Balaban J connectivity index is 2.46. The molecule has 31 heavy (non-hydrogen) atoms. The third kappa shape index (κ3) is 5.47. The van der Waals surface area contributed by atoms with E-state index >= 15 is 0 Å². The van der Waals surface area contributed by atoms with Crippen LogP contribution in [0.3, 0.4) is 0 Å². The summed E-state index contributed by atoms with van der Waals surface area (Å²) >= 11 is 0. The lowest BCUT2D eigenvalue weighted by molar-refractivity contribution is -0.149. The van der Waals surface area contributed by atoms with Crippen LogP contribution in [0.25, 0.3) is 0 Å². The van der Waals surface area contributed by atoms with Gasteiger partial charge in [-0.2, -0.15) is 0 Å². The maximum atomic E-state index is 12.4. The van der Waals surface area contributed by atoms with Gasteiger partial charge in [0.05, 0.1) is 6.61 Å². The molecule has 6 heteroatoms. The van der Waals surface area contributed by atoms with E-state index in [4.69, 9.17) is 9.16 Å². The van der Waals surface area contributed by atoms with Crippen molar-refractivity contribution in [2.75, 3.05) is 6.61 Å². The van der Waals surface area contributed by atoms with E-state index in [0.29, 0.717) is 30.4 Å². The van der Waals surface area contributed by atoms with Crippen molar-refractivity contribution < 1.29 is 23.9 Å². The third-order valence-corrected chi connectivity index (χ3v) is 11.6. The Morgan fingerprint density at radius 3 is 2.45 bits per heavy atom. The molecule has 0 aromatic carbocycles. The Labute approximate surface area is 188 Å². The monoisotopic (exact) mass is 448 g/mol. The number of allylic oxidation sites excluding steroid dienone is 5.